The largest absolute Gasteiger partial charge is 0.449 e. The fourth-order valence-electron chi connectivity index (χ4n) is 11.2. The fourth-order valence-corrected chi connectivity index (χ4v) is 11.2. The summed E-state index contributed by atoms with van der Waals surface area (Å²) in [5.74, 6) is 2.85. The van der Waals surface area contributed by atoms with Crippen LogP contribution >= 0.6 is 0 Å². The number of para-hydroxylation sites is 1. The lowest BCUT2D eigenvalue weighted by Gasteiger charge is -2.31. The van der Waals surface area contributed by atoms with Gasteiger partial charge in [0.05, 0.1) is 11.1 Å². The first kappa shape index (κ1) is 34.3. The number of hydrogen-bond donors (Lipinski definition) is 0. The Bertz CT molecular complexity index is 3240. The molecule has 0 radical (unpaired) electrons. The van der Waals surface area contributed by atoms with E-state index in [0.717, 1.165) is 34.1 Å². The second kappa shape index (κ2) is 12.5. The number of anilines is 3. The summed E-state index contributed by atoms with van der Waals surface area (Å²) < 4.78 is 13.9. The quantitative estimate of drug-likeness (QED) is 0.177. The van der Waals surface area contributed by atoms with E-state index in [1.165, 1.54) is 72.3 Å². The molecule has 1 spiro atoms. The lowest BCUT2D eigenvalue weighted by atomic mass is 9.70. The summed E-state index contributed by atoms with van der Waals surface area (Å²) in [4.78, 5) is 2.30. The Morgan fingerprint density at radius 1 is 0.361 bits per heavy atom. The van der Waals surface area contributed by atoms with Gasteiger partial charge in [0, 0.05) is 28.4 Å². The molecule has 0 fully saturated rings. The van der Waals surface area contributed by atoms with Gasteiger partial charge < -0.3 is 14.4 Å². The van der Waals surface area contributed by atoms with Gasteiger partial charge in [-0.1, -0.05) is 166 Å². The molecule has 0 aromatic heterocycles. The van der Waals surface area contributed by atoms with Gasteiger partial charge in [0.1, 0.15) is 0 Å². The number of hydrogen-bond acceptors (Lipinski definition) is 3. The molecular weight excluding hydrogens is 743 g/mol. The van der Waals surface area contributed by atoms with Crippen LogP contribution in [0.4, 0.5) is 17.1 Å². The first-order chi connectivity index (χ1) is 30.0. The molecule has 3 nitrogen and oxygen atoms in total. The highest BCUT2D eigenvalue weighted by Gasteiger charge is 2.53. The zero-order chi connectivity index (χ0) is 40.5. The van der Waals surface area contributed by atoms with Crippen LogP contribution in [-0.4, -0.2) is 0 Å². The van der Waals surface area contributed by atoms with Crippen LogP contribution in [0.1, 0.15) is 47.2 Å². The maximum absolute atomic E-state index is 7.13. The minimum absolute atomic E-state index is 0.101. The first-order valence-electron chi connectivity index (χ1n) is 21.2. The maximum atomic E-state index is 7.13. The van der Waals surface area contributed by atoms with E-state index in [0.29, 0.717) is 11.5 Å². The van der Waals surface area contributed by atoms with E-state index < -0.39 is 5.41 Å². The van der Waals surface area contributed by atoms with Gasteiger partial charge in [-0.25, -0.2) is 0 Å². The molecule has 1 aliphatic heterocycles. The van der Waals surface area contributed by atoms with Crippen LogP contribution in [0, 0.1) is 0 Å². The summed E-state index contributed by atoms with van der Waals surface area (Å²) in [6, 6.07) is 72.4. The van der Waals surface area contributed by atoms with Crippen molar-refractivity contribution in [1.82, 2.24) is 0 Å². The predicted octanol–water partition coefficient (Wildman–Crippen LogP) is 15.4. The minimum atomic E-state index is -0.463. The number of benzene rings is 9. The molecule has 0 amide bonds. The van der Waals surface area contributed by atoms with Crippen molar-refractivity contribution in [2.45, 2.75) is 24.7 Å². The minimum Gasteiger partial charge on any atom is -0.449 e. The van der Waals surface area contributed by atoms with E-state index >= 15 is 0 Å². The van der Waals surface area contributed by atoms with E-state index in [9.17, 15) is 0 Å². The molecule has 0 atom stereocenters. The average Bonchev–Trinajstić information content (AvgIpc) is 3.88. The third-order valence-electron chi connectivity index (χ3n) is 13.7. The van der Waals surface area contributed by atoms with Gasteiger partial charge in [-0.3, -0.25) is 0 Å². The van der Waals surface area contributed by atoms with Crippen molar-refractivity contribution in [1.29, 1.82) is 0 Å². The SMILES string of the molecule is CC1(C)c2ccccc2-c2cccc(-c3ccc(N(c4ccccc4)c4ccc5c(c4)Oc4c(ccc6c4-c4ccccc4C64c6ccccc6-c6ccccc64)O5)cc3)c21. The van der Waals surface area contributed by atoms with E-state index in [1.54, 1.807) is 0 Å². The van der Waals surface area contributed by atoms with Crippen molar-refractivity contribution in [3.63, 3.8) is 0 Å². The number of rotatable bonds is 4. The molecule has 0 unspecified atom stereocenters. The number of fused-ring (bicyclic) bond motifs is 16. The van der Waals surface area contributed by atoms with E-state index in [1.807, 2.05) is 6.07 Å². The zero-order valence-electron chi connectivity index (χ0n) is 33.8. The highest BCUT2D eigenvalue weighted by atomic mass is 16.6. The van der Waals surface area contributed by atoms with Crippen molar-refractivity contribution < 1.29 is 9.47 Å². The van der Waals surface area contributed by atoms with Crippen LogP contribution in [0.25, 0.3) is 44.5 Å². The van der Waals surface area contributed by atoms with Crippen molar-refractivity contribution in [2.24, 2.45) is 0 Å². The zero-order valence-corrected chi connectivity index (χ0v) is 33.8. The molecule has 13 rings (SSSR count). The van der Waals surface area contributed by atoms with Crippen molar-refractivity contribution in [3.05, 3.63) is 234 Å². The van der Waals surface area contributed by atoms with Gasteiger partial charge in [-0.2, -0.15) is 0 Å². The van der Waals surface area contributed by atoms with Crippen LogP contribution in [0.3, 0.4) is 0 Å². The van der Waals surface area contributed by atoms with Crippen molar-refractivity contribution in [3.8, 4) is 67.5 Å². The smallest absolute Gasteiger partial charge is 0.178 e. The second-order valence-corrected chi connectivity index (χ2v) is 17.2. The summed E-state index contributed by atoms with van der Waals surface area (Å²) in [5.41, 5.74) is 20.3. The molecule has 3 heteroatoms. The van der Waals surface area contributed by atoms with E-state index in [4.69, 9.17) is 9.47 Å². The fraction of sp³-hybridized carbons (Fsp3) is 0.0690. The molecule has 4 aliphatic rings. The van der Waals surface area contributed by atoms with Crippen LogP contribution in [-0.2, 0) is 10.8 Å². The van der Waals surface area contributed by atoms with Crippen LogP contribution < -0.4 is 14.4 Å². The Labute approximate surface area is 355 Å². The van der Waals surface area contributed by atoms with Gasteiger partial charge in [0.15, 0.2) is 23.0 Å². The summed E-state index contributed by atoms with van der Waals surface area (Å²) in [6.07, 6.45) is 0. The molecule has 0 N–H and O–H groups in total. The van der Waals surface area contributed by atoms with Gasteiger partial charge in [0.25, 0.3) is 0 Å². The second-order valence-electron chi connectivity index (χ2n) is 17.2. The summed E-state index contributed by atoms with van der Waals surface area (Å²) in [7, 11) is 0. The Kier molecular flexibility index (Phi) is 6.99. The molecule has 61 heavy (non-hydrogen) atoms. The predicted molar refractivity (Wildman–Crippen MR) is 247 cm³/mol. The van der Waals surface area contributed by atoms with Crippen LogP contribution in [0.5, 0.6) is 23.0 Å². The van der Waals surface area contributed by atoms with E-state index in [-0.39, 0.29) is 5.41 Å². The van der Waals surface area contributed by atoms with Crippen molar-refractivity contribution >= 4 is 17.1 Å². The number of nitrogens with zero attached hydrogens (tertiary/aromatic N) is 1. The van der Waals surface area contributed by atoms with Crippen LogP contribution in [0.2, 0.25) is 0 Å². The van der Waals surface area contributed by atoms with Gasteiger partial charge >= 0.3 is 0 Å². The summed E-state index contributed by atoms with van der Waals surface area (Å²) in [6.45, 7) is 4.70. The molecule has 3 aliphatic carbocycles. The molecule has 9 aromatic rings. The van der Waals surface area contributed by atoms with Gasteiger partial charge in [-0.15, -0.1) is 0 Å². The van der Waals surface area contributed by atoms with Crippen molar-refractivity contribution in [2.75, 3.05) is 4.90 Å². The molecular formula is C58H39NO2. The van der Waals surface area contributed by atoms with Crippen LogP contribution in [0.15, 0.2) is 200 Å². The molecule has 0 bridgehead atoms. The normalized spacial score (nSPS) is 14.6. The summed E-state index contributed by atoms with van der Waals surface area (Å²) >= 11 is 0. The Hall–Kier alpha value is -7.62. The monoisotopic (exact) mass is 781 g/mol. The van der Waals surface area contributed by atoms with E-state index in [2.05, 4.69) is 213 Å². The van der Waals surface area contributed by atoms with Gasteiger partial charge in [-0.05, 0) is 115 Å². The number of ether oxygens (including phenoxy) is 2. The highest BCUT2D eigenvalue weighted by molar-refractivity contribution is 5.98. The molecule has 1 heterocycles. The first-order valence-corrected chi connectivity index (χ1v) is 21.2. The average molecular weight is 782 g/mol. The topological polar surface area (TPSA) is 21.7 Å². The standard InChI is InChI=1S/C58H39NO2/c1-57(2)46-23-10-6-19-43(46)44-22-14-21-40(55(44)57)36-27-29-38(30-28-36)59(37-15-4-3-5-16-37)39-31-33-51-53(35-39)61-56-52(60-51)34-32-50-54(56)45-20-9-13-26-49(45)58(50)47-24-11-7-17-41(47)42-18-8-12-25-48(42)58/h3-35H,1-2H3. The maximum Gasteiger partial charge on any atom is 0.178 e. The third-order valence-corrected chi connectivity index (χ3v) is 13.7. The lowest BCUT2D eigenvalue weighted by molar-refractivity contribution is 0.360. The molecule has 9 aromatic carbocycles. The highest BCUT2D eigenvalue weighted by Crippen LogP contribution is 2.66. The molecule has 288 valence electrons. The Balaban J connectivity index is 0.918. The third kappa shape index (κ3) is 4.58. The Morgan fingerprint density at radius 2 is 0.885 bits per heavy atom. The molecule has 0 saturated heterocycles. The van der Waals surface area contributed by atoms with Gasteiger partial charge in [0.2, 0.25) is 0 Å². The molecule has 0 saturated carbocycles. The Morgan fingerprint density at radius 3 is 1.59 bits per heavy atom. The lowest BCUT2D eigenvalue weighted by Crippen LogP contribution is -2.25. The summed E-state index contributed by atoms with van der Waals surface area (Å²) in [5, 5.41) is 0.